The van der Waals surface area contributed by atoms with E-state index in [0.717, 1.165) is 19.6 Å². The lowest BCUT2D eigenvalue weighted by molar-refractivity contribution is -0.140. The number of carbonyl (C=O) groups excluding carboxylic acids is 2. The van der Waals surface area contributed by atoms with Crippen molar-refractivity contribution >= 4 is 11.8 Å². The van der Waals surface area contributed by atoms with Gasteiger partial charge < -0.3 is 4.90 Å². The van der Waals surface area contributed by atoms with Gasteiger partial charge in [-0.25, -0.2) is 0 Å². The summed E-state index contributed by atoms with van der Waals surface area (Å²) in [5.41, 5.74) is 4.94. The quantitative estimate of drug-likeness (QED) is 0.755. The molecule has 144 valence electrons. The molecule has 2 atom stereocenters. The van der Waals surface area contributed by atoms with Gasteiger partial charge in [-0.1, -0.05) is 62.4 Å². The van der Waals surface area contributed by atoms with Crippen molar-refractivity contribution < 1.29 is 9.59 Å². The normalized spacial score (nSPS) is 27.2. The van der Waals surface area contributed by atoms with E-state index in [2.05, 4.69) is 67.3 Å². The molecule has 4 aliphatic rings. The first-order chi connectivity index (χ1) is 13.7. The number of rotatable bonds is 5. The second kappa shape index (κ2) is 6.56. The van der Waals surface area contributed by atoms with Crippen LogP contribution in [0.4, 0.5) is 0 Å². The fourth-order valence-corrected chi connectivity index (χ4v) is 5.74. The molecule has 3 aliphatic carbocycles. The molecule has 1 saturated heterocycles. The highest BCUT2D eigenvalue weighted by molar-refractivity contribution is 6.07. The average molecular weight is 374 g/mol. The third-order valence-corrected chi connectivity index (χ3v) is 7.07. The summed E-state index contributed by atoms with van der Waals surface area (Å²) >= 11 is 0. The van der Waals surface area contributed by atoms with Crippen LogP contribution < -0.4 is 0 Å². The van der Waals surface area contributed by atoms with Gasteiger partial charge >= 0.3 is 0 Å². The van der Waals surface area contributed by atoms with Gasteiger partial charge in [0, 0.05) is 24.9 Å². The van der Waals surface area contributed by atoms with Crippen LogP contribution in [-0.4, -0.2) is 47.8 Å². The summed E-state index contributed by atoms with van der Waals surface area (Å²) in [6, 6.07) is 16.8. The maximum Gasteiger partial charge on any atom is 0.234 e. The molecule has 4 nitrogen and oxygen atoms in total. The highest BCUT2D eigenvalue weighted by Crippen LogP contribution is 2.60. The number of imide groups is 1. The summed E-state index contributed by atoms with van der Waals surface area (Å²) in [5.74, 6) is -0.449. The van der Waals surface area contributed by atoms with Crippen molar-refractivity contribution in [2.24, 2.45) is 11.8 Å². The zero-order chi connectivity index (χ0) is 19.4. The van der Waals surface area contributed by atoms with Crippen molar-refractivity contribution in [3.8, 4) is 0 Å². The lowest BCUT2D eigenvalue weighted by atomic mass is 9.55. The summed E-state index contributed by atoms with van der Waals surface area (Å²) in [6.07, 6.45) is 0. The molecule has 2 amide bonds. The minimum Gasteiger partial charge on any atom is -0.302 e. The zero-order valence-corrected chi connectivity index (χ0v) is 16.5. The summed E-state index contributed by atoms with van der Waals surface area (Å²) in [5, 5.41) is 0. The van der Waals surface area contributed by atoms with Crippen molar-refractivity contribution in [3.05, 3.63) is 70.8 Å². The average Bonchev–Trinajstić information content (AvgIpc) is 3.00. The van der Waals surface area contributed by atoms with E-state index in [9.17, 15) is 9.59 Å². The Balaban J connectivity index is 1.57. The molecule has 2 aromatic carbocycles. The maximum absolute atomic E-state index is 13.4. The van der Waals surface area contributed by atoms with Gasteiger partial charge in [-0.15, -0.1) is 0 Å². The molecule has 0 radical (unpaired) electrons. The van der Waals surface area contributed by atoms with Gasteiger partial charge in [-0.05, 0) is 35.3 Å². The Morgan fingerprint density at radius 1 is 0.750 bits per heavy atom. The predicted octanol–water partition coefficient (Wildman–Crippen LogP) is 3.22. The Morgan fingerprint density at radius 3 is 1.50 bits per heavy atom. The van der Waals surface area contributed by atoms with E-state index in [1.165, 1.54) is 22.3 Å². The third kappa shape index (κ3) is 2.27. The van der Waals surface area contributed by atoms with E-state index in [4.69, 9.17) is 0 Å². The second-order valence-electron chi connectivity index (χ2n) is 8.12. The smallest absolute Gasteiger partial charge is 0.234 e. The Bertz CT molecular complexity index is 834. The van der Waals surface area contributed by atoms with Crippen LogP contribution in [-0.2, 0) is 9.59 Å². The number of hydrogen-bond donors (Lipinski definition) is 0. The molecule has 2 bridgehead atoms. The van der Waals surface area contributed by atoms with Crippen molar-refractivity contribution in [1.29, 1.82) is 0 Å². The monoisotopic (exact) mass is 374 g/mol. The standard InChI is InChI=1S/C24H26N2O2/c1-3-25(4-2)13-14-26-23(27)21-19-15-9-5-6-10-16(15)20(22(21)24(26)28)18-12-8-7-11-17(18)19/h5-12,19-22H,3-4,13-14H2,1-2H3/t19?,20?,21-,22-/m1/s1. The predicted molar refractivity (Wildman–Crippen MR) is 108 cm³/mol. The first-order valence-corrected chi connectivity index (χ1v) is 10.4. The van der Waals surface area contributed by atoms with E-state index in [-0.39, 0.29) is 35.5 Å². The molecular weight excluding hydrogens is 348 g/mol. The first kappa shape index (κ1) is 17.6. The van der Waals surface area contributed by atoms with Crippen LogP contribution in [0.2, 0.25) is 0 Å². The number of likely N-dealkylation sites (N-methyl/N-ethyl adjacent to an activating group) is 1. The maximum atomic E-state index is 13.4. The van der Waals surface area contributed by atoms with Crippen LogP contribution >= 0.6 is 0 Å². The summed E-state index contributed by atoms with van der Waals surface area (Å²) in [7, 11) is 0. The molecule has 0 aromatic heterocycles. The van der Waals surface area contributed by atoms with Crippen molar-refractivity contribution in [2.45, 2.75) is 25.7 Å². The van der Waals surface area contributed by atoms with Gasteiger partial charge in [-0.3, -0.25) is 14.5 Å². The van der Waals surface area contributed by atoms with Gasteiger partial charge in [0.2, 0.25) is 11.8 Å². The minimum absolute atomic E-state index is 0.00250. The molecule has 0 N–H and O–H groups in total. The number of benzene rings is 2. The molecular formula is C24H26N2O2. The minimum atomic E-state index is -0.251. The zero-order valence-electron chi connectivity index (χ0n) is 16.5. The van der Waals surface area contributed by atoms with Crippen molar-refractivity contribution in [1.82, 2.24) is 9.80 Å². The second-order valence-corrected chi connectivity index (χ2v) is 8.12. The third-order valence-electron chi connectivity index (χ3n) is 7.07. The number of likely N-dealkylation sites (tertiary alicyclic amines) is 1. The molecule has 2 aromatic rings. The number of carbonyl (C=O) groups is 2. The molecule has 1 heterocycles. The summed E-state index contributed by atoms with van der Waals surface area (Å²) in [4.78, 5) is 30.7. The molecule has 1 aliphatic heterocycles. The lowest BCUT2D eigenvalue weighted by Crippen LogP contribution is -2.41. The van der Waals surface area contributed by atoms with Crippen LogP contribution in [0.1, 0.15) is 47.9 Å². The van der Waals surface area contributed by atoms with Crippen LogP contribution in [0, 0.1) is 11.8 Å². The van der Waals surface area contributed by atoms with Crippen LogP contribution in [0.15, 0.2) is 48.5 Å². The van der Waals surface area contributed by atoms with Gasteiger partial charge in [0.15, 0.2) is 0 Å². The molecule has 1 fully saturated rings. The molecule has 6 rings (SSSR count). The van der Waals surface area contributed by atoms with Gasteiger partial charge in [0.05, 0.1) is 11.8 Å². The topological polar surface area (TPSA) is 40.6 Å². The highest BCUT2D eigenvalue weighted by atomic mass is 16.2. The molecule has 0 unspecified atom stereocenters. The van der Waals surface area contributed by atoms with E-state index in [1.807, 2.05) is 0 Å². The van der Waals surface area contributed by atoms with E-state index in [0.29, 0.717) is 6.54 Å². The highest BCUT2D eigenvalue weighted by Gasteiger charge is 2.61. The van der Waals surface area contributed by atoms with E-state index in [1.54, 1.807) is 4.90 Å². The lowest BCUT2D eigenvalue weighted by Gasteiger charge is -2.45. The fraction of sp³-hybridized carbons (Fsp3) is 0.417. The number of nitrogens with zero attached hydrogens (tertiary/aromatic N) is 2. The van der Waals surface area contributed by atoms with Crippen LogP contribution in [0.25, 0.3) is 0 Å². The Morgan fingerprint density at radius 2 is 1.14 bits per heavy atom. The van der Waals surface area contributed by atoms with Crippen molar-refractivity contribution in [2.75, 3.05) is 26.2 Å². The Kier molecular flexibility index (Phi) is 4.13. The van der Waals surface area contributed by atoms with E-state index < -0.39 is 0 Å². The molecule has 4 heteroatoms. The van der Waals surface area contributed by atoms with Gasteiger partial charge in [0.25, 0.3) is 0 Å². The van der Waals surface area contributed by atoms with Crippen LogP contribution in [0.3, 0.4) is 0 Å². The van der Waals surface area contributed by atoms with Gasteiger partial charge in [0.1, 0.15) is 0 Å². The fourth-order valence-electron chi connectivity index (χ4n) is 5.74. The van der Waals surface area contributed by atoms with Crippen molar-refractivity contribution in [3.63, 3.8) is 0 Å². The Hall–Kier alpha value is -2.46. The number of hydrogen-bond acceptors (Lipinski definition) is 3. The Labute approximate surface area is 166 Å². The molecule has 28 heavy (non-hydrogen) atoms. The number of amides is 2. The summed E-state index contributed by atoms with van der Waals surface area (Å²) < 4.78 is 0. The van der Waals surface area contributed by atoms with E-state index >= 15 is 0 Å². The molecule has 0 spiro atoms. The largest absolute Gasteiger partial charge is 0.302 e. The molecule has 0 saturated carbocycles. The van der Waals surface area contributed by atoms with Gasteiger partial charge in [-0.2, -0.15) is 0 Å². The first-order valence-electron chi connectivity index (χ1n) is 10.4. The summed E-state index contributed by atoms with van der Waals surface area (Å²) in [6.45, 7) is 7.34. The van der Waals surface area contributed by atoms with Crippen LogP contribution in [0.5, 0.6) is 0 Å². The SMILES string of the molecule is CCN(CC)CCN1C(=O)[C@@H]2C3c4ccccc4C(c4ccccc43)[C@H]2C1=O.